The van der Waals surface area contributed by atoms with E-state index in [2.05, 4.69) is 13.8 Å². The fourth-order valence-corrected chi connectivity index (χ4v) is 3.20. The Labute approximate surface area is 134 Å². The summed E-state index contributed by atoms with van der Waals surface area (Å²) in [6, 6.07) is 0. The lowest BCUT2D eigenvalue weighted by molar-refractivity contribution is -0.189. The van der Waals surface area contributed by atoms with Gasteiger partial charge in [0.15, 0.2) is 5.79 Å². The van der Waals surface area contributed by atoms with Gasteiger partial charge in [-0.1, -0.05) is 26.7 Å². The second-order valence-electron chi connectivity index (χ2n) is 6.82. The van der Waals surface area contributed by atoms with E-state index in [0.717, 1.165) is 25.7 Å². The minimum Gasteiger partial charge on any atom is -0.388 e. The van der Waals surface area contributed by atoms with Crippen LogP contribution in [0.1, 0.15) is 59.8 Å². The van der Waals surface area contributed by atoms with Crippen molar-refractivity contribution in [3.63, 3.8) is 0 Å². The van der Waals surface area contributed by atoms with Crippen LogP contribution in [0.4, 0.5) is 0 Å². The number of aliphatic hydroxyl groups excluding tert-OH is 1. The van der Waals surface area contributed by atoms with Gasteiger partial charge in [-0.3, -0.25) is 0 Å². The van der Waals surface area contributed by atoms with Gasteiger partial charge in [0.2, 0.25) is 0 Å². The van der Waals surface area contributed by atoms with E-state index < -0.39 is 11.9 Å². The van der Waals surface area contributed by atoms with Crippen molar-refractivity contribution in [2.75, 3.05) is 13.2 Å². The Bertz CT molecular complexity index is 333. The molecule has 1 saturated heterocycles. The van der Waals surface area contributed by atoms with E-state index >= 15 is 0 Å². The lowest BCUT2D eigenvalue weighted by atomic mass is 9.87. The molecule has 5 nitrogen and oxygen atoms in total. The highest BCUT2D eigenvalue weighted by Crippen LogP contribution is 2.39. The van der Waals surface area contributed by atoms with Crippen molar-refractivity contribution in [3.05, 3.63) is 0 Å². The number of hydrogen-bond donors (Lipinski definition) is 1. The van der Waals surface area contributed by atoms with Crippen LogP contribution in [0.25, 0.3) is 0 Å². The average Bonchev–Trinajstić information content (AvgIpc) is 2.76. The molecule has 1 saturated carbocycles. The molecule has 2 aliphatic rings. The molecule has 1 aliphatic heterocycles. The summed E-state index contributed by atoms with van der Waals surface area (Å²) < 4.78 is 23.8. The van der Waals surface area contributed by atoms with Crippen LogP contribution < -0.4 is 0 Å². The molecule has 5 atom stereocenters. The molecule has 0 radical (unpaired) electrons. The molecule has 2 rings (SSSR count). The van der Waals surface area contributed by atoms with Crippen molar-refractivity contribution < 1.29 is 24.1 Å². The Morgan fingerprint density at radius 2 is 1.68 bits per heavy atom. The van der Waals surface area contributed by atoms with Gasteiger partial charge in [0, 0.05) is 19.6 Å². The van der Waals surface area contributed by atoms with Gasteiger partial charge >= 0.3 is 0 Å². The second-order valence-corrected chi connectivity index (χ2v) is 6.82. The third kappa shape index (κ3) is 4.42. The molecule has 1 heterocycles. The number of unbranched alkanes of at least 4 members (excludes halogenated alkanes) is 2. The van der Waals surface area contributed by atoms with Crippen molar-refractivity contribution in [2.45, 2.75) is 96.1 Å². The van der Waals surface area contributed by atoms with E-state index in [1.807, 2.05) is 13.8 Å². The molecule has 1 N–H and O–H groups in total. The van der Waals surface area contributed by atoms with Crippen LogP contribution in [0.5, 0.6) is 0 Å². The molecule has 0 amide bonds. The van der Waals surface area contributed by atoms with E-state index in [9.17, 15) is 5.11 Å². The van der Waals surface area contributed by atoms with Crippen LogP contribution in [-0.2, 0) is 18.9 Å². The Hall–Kier alpha value is -0.200. The molecule has 22 heavy (non-hydrogen) atoms. The van der Waals surface area contributed by atoms with Gasteiger partial charge in [-0.25, -0.2) is 0 Å². The topological polar surface area (TPSA) is 57.2 Å². The quantitative estimate of drug-likeness (QED) is 0.698. The summed E-state index contributed by atoms with van der Waals surface area (Å²) in [4.78, 5) is 0. The lowest BCUT2D eigenvalue weighted by Crippen LogP contribution is -2.56. The Morgan fingerprint density at radius 3 is 2.32 bits per heavy atom. The molecule has 0 bridgehead atoms. The maximum Gasteiger partial charge on any atom is 0.163 e. The van der Waals surface area contributed by atoms with Crippen LogP contribution in [0.15, 0.2) is 0 Å². The third-order valence-corrected chi connectivity index (χ3v) is 4.37. The minimum atomic E-state index is -0.660. The number of ether oxygens (including phenoxy) is 4. The molecule has 0 spiro atoms. The molecular weight excluding hydrogens is 284 g/mol. The first-order valence-electron chi connectivity index (χ1n) is 8.75. The van der Waals surface area contributed by atoms with E-state index in [1.165, 1.54) is 0 Å². The Morgan fingerprint density at radius 1 is 1.05 bits per heavy atom. The first-order chi connectivity index (χ1) is 10.5. The molecule has 5 heteroatoms. The molecular formula is C17H32O5. The number of aliphatic hydroxyl groups is 1. The molecule has 0 aromatic carbocycles. The monoisotopic (exact) mass is 316 g/mol. The van der Waals surface area contributed by atoms with E-state index in [4.69, 9.17) is 18.9 Å². The van der Waals surface area contributed by atoms with E-state index in [-0.39, 0.29) is 24.4 Å². The summed E-state index contributed by atoms with van der Waals surface area (Å²) in [5.74, 6) is -0.625. The van der Waals surface area contributed by atoms with Gasteiger partial charge in [-0.2, -0.15) is 0 Å². The zero-order chi connectivity index (χ0) is 16.2. The zero-order valence-electron chi connectivity index (χ0n) is 14.4. The number of hydrogen-bond acceptors (Lipinski definition) is 5. The fraction of sp³-hybridized carbons (Fsp3) is 1.00. The summed E-state index contributed by atoms with van der Waals surface area (Å²) >= 11 is 0. The summed E-state index contributed by atoms with van der Waals surface area (Å²) in [7, 11) is 0. The third-order valence-electron chi connectivity index (χ3n) is 4.37. The lowest BCUT2D eigenvalue weighted by Gasteiger charge is -2.40. The van der Waals surface area contributed by atoms with Crippen LogP contribution in [0.3, 0.4) is 0 Å². The highest BCUT2D eigenvalue weighted by Gasteiger charge is 2.54. The van der Waals surface area contributed by atoms with Crippen LogP contribution >= 0.6 is 0 Å². The Balaban J connectivity index is 2.01. The number of fused-ring (bicyclic) bond motifs is 1. The van der Waals surface area contributed by atoms with Crippen molar-refractivity contribution in [1.82, 2.24) is 0 Å². The predicted octanol–water partition coefficient (Wildman–Crippen LogP) is 2.64. The highest BCUT2D eigenvalue weighted by atomic mass is 16.8. The average molecular weight is 316 g/mol. The Kier molecular flexibility index (Phi) is 6.65. The maximum absolute atomic E-state index is 10.7. The first kappa shape index (κ1) is 18.1. The normalized spacial score (nSPS) is 37.2. The molecule has 3 unspecified atom stereocenters. The van der Waals surface area contributed by atoms with Crippen LogP contribution in [0.2, 0.25) is 0 Å². The van der Waals surface area contributed by atoms with Crippen LogP contribution in [-0.4, -0.2) is 54.6 Å². The molecule has 0 aromatic rings. The number of rotatable bonds is 8. The largest absolute Gasteiger partial charge is 0.388 e. The van der Waals surface area contributed by atoms with Gasteiger partial charge in [0.1, 0.15) is 18.3 Å². The smallest absolute Gasteiger partial charge is 0.163 e. The van der Waals surface area contributed by atoms with Gasteiger partial charge < -0.3 is 24.1 Å². The van der Waals surface area contributed by atoms with Gasteiger partial charge in [0.05, 0.1) is 12.2 Å². The maximum atomic E-state index is 10.7. The van der Waals surface area contributed by atoms with Crippen molar-refractivity contribution in [1.29, 1.82) is 0 Å². The summed E-state index contributed by atoms with van der Waals surface area (Å²) in [5.41, 5.74) is 0. The van der Waals surface area contributed by atoms with Crippen LogP contribution in [0, 0.1) is 0 Å². The van der Waals surface area contributed by atoms with Crippen molar-refractivity contribution in [3.8, 4) is 0 Å². The minimum absolute atomic E-state index is 0.0725. The molecule has 0 aromatic heterocycles. The second kappa shape index (κ2) is 8.06. The summed E-state index contributed by atoms with van der Waals surface area (Å²) in [6.07, 6.45) is 3.22. The molecule has 2 fully saturated rings. The predicted molar refractivity (Wildman–Crippen MR) is 83.7 cm³/mol. The van der Waals surface area contributed by atoms with E-state index in [1.54, 1.807) is 0 Å². The standard InChI is InChI=1S/C17H32O5/c1-5-7-9-19-12-11-13-15(22-17(3,4)21-13)16(14(12)18)20-10-8-6-2/h12-16,18H,5-11H2,1-4H3/t12-,13-,14?,15?,16?/m1/s1. The molecule has 1 aliphatic carbocycles. The van der Waals surface area contributed by atoms with Crippen molar-refractivity contribution in [2.24, 2.45) is 0 Å². The van der Waals surface area contributed by atoms with Gasteiger partial charge in [-0.05, 0) is 26.7 Å². The first-order valence-corrected chi connectivity index (χ1v) is 8.75. The zero-order valence-corrected chi connectivity index (χ0v) is 14.4. The highest BCUT2D eigenvalue weighted by molar-refractivity contribution is 5.00. The van der Waals surface area contributed by atoms with E-state index in [0.29, 0.717) is 19.6 Å². The summed E-state index contributed by atoms with van der Waals surface area (Å²) in [5, 5.41) is 10.7. The summed E-state index contributed by atoms with van der Waals surface area (Å²) in [6.45, 7) is 9.37. The van der Waals surface area contributed by atoms with Crippen molar-refractivity contribution >= 4 is 0 Å². The SMILES string of the molecule is CCCCOC1C(O)[C@H](OCCCC)C[C@H]2OC(C)(C)OC12. The fourth-order valence-electron chi connectivity index (χ4n) is 3.20. The molecule has 130 valence electrons. The van der Waals surface area contributed by atoms with Gasteiger partial charge in [-0.15, -0.1) is 0 Å². The van der Waals surface area contributed by atoms with Gasteiger partial charge in [0.25, 0.3) is 0 Å².